The number of methoxy groups -OCH3 is 1. The van der Waals surface area contributed by atoms with Crippen LogP contribution in [0.4, 0.5) is 10.5 Å². The standard InChI is InChI=1S/C33H32N4O5/c1-22-6-5-7-23(20-22)21-37-29(32(39)35-19-17-26-8-3-4-18-34-26)30(42-33(37)40)24-9-13-27(14-10-24)36-31(38)25-11-15-28(41-2)16-12-25/h3-16,18,20,29-30H,17,19,21H2,1-2H3,(H,35,39)(H,36,38). The van der Waals surface area contributed by atoms with Crippen LogP contribution >= 0.6 is 0 Å². The molecule has 9 heteroatoms. The Bertz CT molecular complexity index is 1540. The lowest BCUT2D eigenvalue weighted by atomic mass is 10.00. The molecule has 2 N–H and O–H groups in total. The number of aryl methyl sites for hydroxylation is 1. The molecule has 214 valence electrons. The van der Waals surface area contributed by atoms with E-state index in [1.54, 1.807) is 61.8 Å². The number of nitrogens with one attached hydrogen (secondary N) is 2. The van der Waals surface area contributed by atoms with Crippen molar-refractivity contribution in [2.75, 3.05) is 19.0 Å². The predicted octanol–water partition coefficient (Wildman–Crippen LogP) is 5.07. The Morgan fingerprint density at radius 3 is 2.45 bits per heavy atom. The molecule has 2 atom stereocenters. The number of pyridine rings is 1. The smallest absolute Gasteiger partial charge is 0.411 e. The fourth-order valence-corrected chi connectivity index (χ4v) is 4.88. The second-order valence-electron chi connectivity index (χ2n) is 10.0. The molecular weight excluding hydrogens is 532 g/mol. The van der Waals surface area contributed by atoms with Crippen molar-refractivity contribution in [2.24, 2.45) is 0 Å². The highest BCUT2D eigenvalue weighted by molar-refractivity contribution is 6.04. The average molecular weight is 565 g/mol. The first-order valence-corrected chi connectivity index (χ1v) is 13.7. The molecule has 42 heavy (non-hydrogen) atoms. The molecule has 1 fully saturated rings. The van der Waals surface area contributed by atoms with Crippen LogP contribution in [0.3, 0.4) is 0 Å². The van der Waals surface area contributed by atoms with Crippen molar-refractivity contribution in [1.29, 1.82) is 0 Å². The maximum Gasteiger partial charge on any atom is 0.411 e. The van der Waals surface area contributed by atoms with E-state index in [1.807, 2.05) is 49.4 Å². The number of carbonyl (C=O) groups is 3. The van der Waals surface area contributed by atoms with Crippen molar-refractivity contribution in [3.63, 3.8) is 0 Å². The first-order chi connectivity index (χ1) is 20.4. The highest BCUT2D eigenvalue weighted by Gasteiger charge is 2.46. The molecule has 2 unspecified atom stereocenters. The van der Waals surface area contributed by atoms with Gasteiger partial charge in [0.25, 0.3) is 5.91 Å². The van der Waals surface area contributed by atoms with Crippen LogP contribution in [-0.2, 0) is 22.5 Å². The molecule has 2 heterocycles. The lowest BCUT2D eigenvalue weighted by Gasteiger charge is -2.24. The lowest BCUT2D eigenvalue weighted by Crippen LogP contribution is -2.46. The van der Waals surface area contributed by atoms with Crippen molar-refractivity contribution < 1.29 is 23.9 Å². The summed E-state index contributed by atoms with van der Waals surface area (Å²) in [6.07, 6.45) is 0.870. The second kappa shape index (κ2) is 13.0. The summed E-state index contributed by atoms with van der Waals surface area (Å²) < 4.78 is 10.9. The lowest BCUT2D eigenvalue weighted by molar-refractivity contribution is -0.126. The third-order valence-electron chi connectivity index (χ3n) is 7.04. The largest absolute Gasteiger partial charge is 0.497 e. The number of nitrogens with zero attached hydrogens (tertiary/aromatic N) is 2. The van der Waals surface area contributed by atoms with E-state index in [9.17, 15) is 14.4 Å². The van der Waals surface area contributed by atoms with Gasteiger partial charge >= 0.3 is 6.09 Å². The normalized spacial score (nSPS) is 16.0. The maximum absolute atomic E-state index is 13.6. The molecule has 1 aliphatic heterocycles. The summed E-state index contributed by atoms with van der Waals surface area (Å²) >= 11 is 0. The minimum atomic E-state index is -0.888. The number of aromatic nitrogens is 1. The van der Waals surface area contributed by atoms with E-state index in [2.05, 4.69) is 15.6 Å². The molecule has 0 radical (unpaired) electrons. The Kier molecular flexibility index (Phi) is 8.77. The summed E-state index contributed by atoms with van der Waals surface area (Å²) in [5, 5.41) is 5.83. The summed E-state index contributed by atoms with van der Waals surface area (Å²) in [5.74, 6) is 0.0762. The summed E-state index contributed by atoms with van der Waals surface area (Å²) in [4.78, 5) is 45.2. The number of carbonyl (C=O) groups excluding carboxylic acids is 3. The molecule has 1 saturated heterocycles. The number of rotatable bonds is 10. The zero-order valence-electron chi connectivity index (χ0n) is 23.4. The molecule has 5 rings (SSSR count). The summed E-state index contributed by atoms with van der Waals surface area (Å²) in [6, 6.07) is 26.3. The van der Waals surface area contributed by atoms with Gasteiger partial charge in [-0.1, -0.05) is 48.0 Å². The van der Waals surface area contributed by atoms with Gasteiger partial charge in [0.1, 0.15) is 5.75 Å². The van der Waals surface area contributed by atoms with Gasteiger partial charge in [-0.25, -0.2) is 4.79 Å². The fraction of sp³-hybridized carbons (Fsp3) is 0.212. The summed E-state index contributed by atoms with van der Waals surface area (Å²) in [6.45, 7) is 2.57. The molecule has 9 nitrogen and oxygen atoms in total. The molecule has 3 amide bonds. The van der Waals surface area contributed by atoms with Crippen molar-refractivity contribution >= 4 is 23.6 Å². The highest BCUT2D eigenvalue weighted by atomic mass is 16.6. The Morgan fingerprint density at radius 2 is 1.76 bits per heavy atom. The van der Waals surface area contributed by atoms with Crippen molar-refractivity contribution in [2.45, 2.75) is 32.0 Å². The van der Waals surface area contributed by atoms with E-state index in [1.165, 1.54) is 4.90 Å². The number of benzene rings is 3. The Morgan fingerprint density at radius 1 is 0.976 bits per heavy atom. The first kappa shape index (κ1) is 28.4. The number of hydrogen-bond donors (Lipinski definition) is 2. The molecule has 0 spiro atoms. The third-order valence-corrected chi connectivity index (χ3v) is 7.04. The zero-order chi connectivity index (χ0) is 29.5. The predicted molar refractivity (Wildman–Crippen MR) is 158 cm³/mol. The highest BCUT2D eigenvalue weighted by Crippen LogP contribution is 2.34. The van der Waals surface area contributed by atoms with Gasteiger partial charge in [-0.15, -0.1) is 0 Å². The number of anilines is 1. The Balaban J connectivity index is 1.33. The summed E-state index contributed by atoms with van der Waals surface area (Å²) in [5.41, 5.74) is 4.51. The van der Waals surface area contributed by atoms with Crippen molar-refractivity contribution in [3.8, 4) is 5.75 Å². The molecule has 4 aromatic rings. The SMILES string of the molecule is COc1ccc(C(=O)Nc2ccc(C3OC(=O)N(Cc4cccc(C)c4)C3C(=O)NCCc3ccccn3)cc2)cc1. The minimum Gasteiger partial charge on any atom is -0.497 e. The van der Waals surface area contributed by atoms with E-state index in [-0.39, 0.29) is 18.4 Å². The number of cyclic esters (lactones) is 1. The van der Waals surface area contributed by atoms with E-state index in [0.29, 0.717) is 35.5 Å². The molecule has 3 aromatic carbocycles. The van der Waals surface area contributed by atoms with E-state index in [0.717, 1.165) is 16.8 Å². The van der Waals surface area contributed by atoms with Crippen LogP contribution in [0.2, 0.25) is 0 Å². The molecule has 0 bridgehead atoms. The van der Waals surface area contributed by atoms with Gasteiger partial charge in [-0.2, -0.15) is 0 Å². The van der Waals surface area contributed by atoms with Crippen LogP contribution in [-0.4, -0.2) is 47.5 Å². The number of ether oxygens (including phenoxy) is 2. The second-order valence-corrected chi connectivity index (χ2v) is 10.0. The van der Waals surface area contributed by atoms with E-state index < -0.39 is 18.2 Å². The van der Waals surface area contributed by atoms with Crippen LogP contribution < -0.4 is 15.4 Å². The van der Waals surface area contributed by atoms with Crippen molar-refractivity contribution in [3.05, 3.63) is 125 Å². The van der Waals surface area contributed by atoms with Gasteiger partial charge in [-0.05, 0) is 66.6 Å². The van der Waals surface area contributed by atoms with Crippen LogP contribution in [0, 0.1) is 6.92 Å². The van der Waals surface area contributed by atoms with Gasteiger partial charge in [0.2, 0.25) is 5.91 Å². The molecular formula is C33H32N4O5. The quantitative estimate of drug-likeness (QED) is 0.278. The van der Waals surface area contributed by atoms with Crippen LogP contribution in [0.15, 0.2) is 97.2 Å². The average Bonchev–Trinajstić information content (AvgIpc) is 3.33. The Hall–Kier alpha value is -5.18. The van der Waals surface area contributed by atoms with Crippen LogP contribution in [0.25, 0.3) is 0 Å². The monoisotopic (exact) mass is 564 g/mol. The Labute approximate surface area is 244 Å². The first-order valence-electron chi connectivity index (χ1n) is 13.7. The molecule has 0 saturated carbocycles. The zero-order valence-corrected chi connectivity index (χ0v) is 23.4. The van der Waals surface area contributed by atoms with Gasteiger partial charge in [0, 0.05) is 36.1 Å². The molecule has 1 aromatic heterocycles. The van der Waals surface area contributed by atoms with Crippen molar-refractivity contribution in [1.82, 2.24) is 15.2 Å². The third kappa shape index (κ3) is 6.75. The van der Waals surface area contributed by atoms with Gasteiger partial charge < -0.3 is 20.1 Å². The van der Waals surface area contributed by atoms with Crippen LogP contribution in [0.5, 0.6) is 5.75 Å². The fourth-order valence-electron chi connectivity index (χ4n) is 4.88. The van der Waals surface area contributed by atoms with E-state index in [4.69, 9.17) is 9.47 Å². The van der Waals surface area contributed by atoms with Gasteiger partial charge in [0.15, 0.2) is 12.1 Å². The maximum atomic E-state index is 13.6. The van der Waals surface area contributed by atoms with Gasteiger partial charge in [0.05, 0.1) is 13.7 Å². The molecule has 0 aliphatic carbocycles. The number of hydrogen-bond acceptors (Lipinski definition) is 6. The molecule has 1 aliphatic rings. The number of amides is 3. The summed E-state index contributed by atoms with van der Waals surface area (Å²) in [7, 11) is 1.57. The van der Waals surface area contributed by atoms with E-state index >= 15 is 0 Å². The van der Waals surface area contributed by atoms with Gasteiger partial charge in [-0.3, -0.25) is 19.5 Å². The minimum absolute atomic E-state index is 0.228. The topological polar surface area (TPSA) is 110 Å². The van der Waals surface area contributed by atoms with Crippen LogP contribution in [0.1, 0.15) is 38.8 Å².